The van der Waals surface area contributed by atoms with Crippen LogP contribution in [-0.2, 0) is 38.2 Å². The Balaban J connectivity index is 1.92. The molecule has 0 aromatic rings. The zero-order chi connectivity index (χ0) is 19.5. The Morgan fingerprint density at radius 3 is 2.46 bits per heavy atom. The summed E-state index contributed by atoms with van der Waals surface area (Å²) in [7, 11) is -3.21. The van der Waals surface area contributed by atoms with Gasteiger partial charge in [0.1, 0.15) is 17.5 Å². The number of hydrogen-bond donors (Lipinski definition) is 0. The van der Waals surface area contributed by atoms with Crippen molar-refractivity contribution in [2.24, 2.45) is 16.7 Å². The lowest BCUT2D eigenvalue weighted by Crippen LogP contribution is -2.42. The van der Waals surface area contributed by atoms with Gasteiger partial charge in [-0.25, -0.2) is 9.59 Å². The molecule has 9 heteroatoms. The normalized spacial score (nSPS) is 32.8. The second-order valence-corrected chi connectivity index (χ2v) is 9.30. The Hall–Kier alpha value is -1.90. The summed E-state index contributed by atoms with van der Waals surface area (Å²) < 4.78 is 39.8. The van der Waals surface area contributed by atoms with E-state index in [9.17, 15) is 22.8 Å². The van der Waals surface area contributed by atoms with Crippen molar-refractivity contribution in [3.63, 3.8) is 0 Å². The highest BCUT2D eigenvalue weighted by Gasteiger charge is 2.65. The van der Waals surface area contributed by atoms with Gasteiger partial charge in [-0.15, -0.1) is 0 Å². The highest BCUT2D eigenvalue weighted by Crippen LogP contribution is 2.64. The Morgan fingerprint density at radius 2 is 1.96 bits per heavy atom. The highest BCUT2D eigenvalue weighted by atomic mass is 32.2. The second kappa shape index (κ2) is 5.80. The van der Waals surface area contributed by atoms with Crippen molar-refractivity contribution in [3.05, 3.63) is 11.3 Å². The molecule has 1 heterocycles. The van der Waals surface area contributed by atoms with Gasteiger partial charge in [-0.05, 0) is 31.1 Å². The minimum atomic E-state index is -4.31. The van der Waals surface area contributed by atoms with Crippen molar-refractivity contribution in [2.45, 2.75) is 46.1 Å². The van der Waals surface area contributed by atoms with Crippen LogP contribution in [-0.4, -0.2) is 45.1 Å². The maximum absolute atomic E-state index is 12.7. The molecule has 0 spiro atoms. The van der Waals surface area contributed by atoms with E-state index in [-0.39, 0.29) is 17.3 Å². The van der Waals surface area contributed by atoms with E-state index < -0.39 is 50.5 Å². The standard InChI is InChI=1S/C17H22O8S/c1-9-12(14(19)23-4)13(15(20)24-9)25-26(21,22)8-17-6-5-10(7-11(17)18)16(17,2)3/h9-10H,5-8H2,1-4H3. The summed E-state index contributed by atoms with van der Waals surface area (Å²) in [6.45, 7) is 5.21. The predicted molar refractivity (Wildman–Crippen MR) is 88.0 cm³/mol. The maximum Gasteiger partial charge on any atom is 0.376 e. The first-order valence-electron chi connectivity index (χ1n) is 8.44. The average molecular weight is 386 g/mol. The molecule has 2 fully saturated rings. The SMILES string of the molecule is COC(=O)C1=C(OS(=O)(=O)CC23CCC(CC2=O)C3(C)C)C(=O)OC1C. The number of esters is 2. The molecule has 0 N–H and O–H groups in total. The zero-order valence-corrected chi connectivity index (χ0v) is 16.0. The lowest BCUT2D eigenvalue weighted by Gasteiger charge is -2.35. The first kappa shape index (κ1) is 18.9. The van der Waals surface area contributed by atoms with Crippen molar-refractivity contribution >= 4 is 27.8 Å². The topological polar surface area (TPSA) is 113 Å². The fourth-order valence-electron chi connectivity index (χ4n) is 4.58. The Bertz CT molecular complexity index is 822. The summed E-state index contributed by atoms with van der Waals surface area (Å²) in [6.07, 6.45) is 0.635. The van der Waals surface area contributed by atoms with Crippen LogP contribution >= 0.6 is 0 Å². The molecule has 2 bridgehead atoms. The number of carbonyl (C=O) groups is 3. The fraction of sp³-hybridized carbons (Fsp3) is 0.706. The van der Waals surface area contributed by atoms with Gasteiger partial charge in [0, 0.05) is 6.42 Å². The highest BCUT2D eigenvalue weighted by molar-refractivity contribution is 7.86. The average Bonchev–Trinajstić information content (AvgIpc) is 3.00. The molecule has 0 amide bonds. The van der Waals surface area contributed by atoms with Gasteiger partial charge in [0.05, 0.1) is 18.3 Å². The number of carbonyl (C=O) groups excluding carboxylic acids is 3. The molecule has 3 rings (SSSR count). The predicted octanol–water partition coefficient (Wildman–Crippen LogP) is 1.10. The number of hydrogen-bond acceptors (Lipinski definition) is 8. The molecular weight excluding hydrogens is 364 g/mol. The summed E-state index contributed by atoms with van der Waals surface area (Å²) in [6, 6.07) is 0. The van der Waals surface area contributed by atoms with Gasteiger partial charge < -0.3 is 13.7 Å². The maximum atomic E-state index is 12.7. The molecule has 2 saturated carbocycles. The van der Waals surface area contributed by atoms with Gasteiger partial charge in [-0.1, -0.05) is 13.8 Å². The van der Waals surface area contributed by atoms with Crippen LogP contribution in [0.15, 0.2) is 11.3 Å². The lowest BCUT2D eigenvalue weighted by atomic mass is 9.70. The molecule has 8 nitrogen and oxygen atoms in total. The number of methoxy groups -OCH3 is 1. The summed E-state index contributed by atoms with van der Waals surface area (Å²) >= 11 is 0. The van der Waals surface area contributed by atoms with Gasteiger partial charge in [0.2, 0.25) is 5.76 Å². The van der Waals surface area contributed by atoms with E-state index in [1.165, 1.54) is 6.92 Å². The molecule has 26 heavy (non-hydrogen) atoms. The van der Waals surface area contributed by atoms with E-state index in [4.69, 9.17) is 8.92 Å². The lowest BCUT2D eigenvalue weighted by molar-refractivity contribution is -0.141. The second-order valence-electron chi connectivity index (χ2n) is 7.73. The number of ether oxygens (including phenoxy) is 2. The van der Waals surface area contributed by atoms with Crippen LogP contribution in [0.5, 0.6) is 0 Å². The quantitative estimate of drug-likeness (QED) is 0.510. The van der Waals surface area contributed by atoms with E-state index in [0.717, 1.165) is 13.5 Å². The number of cyclic esters (lactones) is 1. The van der Waals surface area contributed by atoms with Gasteiger partial charge in [-0.3, -0.25) is 4.79 Å². The Kier molecular flexibility index (Phi) is 4.21. The molecule has 0 aromatic heterocycles. The summed E-state index contributed by atoms with van der Waals surface area (Å²) in [5.41, 5.74) is -1.78. The van der Waals surface area contributed by atoms with Crippen LogP contribution in [0.4, 0.5) is 0 Å². The fourth-order valence-corrected chi connectivity index (χ4v) is 6.33. The largest absolute Gasteiger partial charge is 0.465 e. The third-order valence-corrected chi connectivity index (χ3v) is 7.57. The van der Waals surface area contributed by atoms with Crippen molar-refractivity contribution < 1.29 is 36.5 Å². The van der Waals surface area contributed by atoms with E-state index in [1.54, 1.807) is 0 Å². The molecule has 1 aliphatic heterocycles. The molecule has 0 aromatic carbocycles. The zero-order valence-electron chi connectivity index (χ0n) is 15.2. The minimum Gasteiger partial charge on any atom is -0.465 e. The van der Waals surface area contributed by atoms with Crippen LogP contribution in [0.3, 0.4) is 0 Å². The van der Waals surface area contributed by atoms with Crippen molar-refractivity contribution in [1.82, 2.24) is 0 Å². The summed E-state index contributed by atoms with van der Waals surface area (Å²) in [5.74, 6) is -3.09. The number of fused-ring (bicyclic) bond motifs is 2. The molecule has 144 valence electrons. The van der Waals surface area contributed by atoms with E-state index in [2.05, 4.69) is 4.74 Å². The van der Waals surface area contributed by atoms with E-state index in [1.807, 2.05) is 13.8 Å². The summed E-state index contributed by atoms with van der Waals surface area (Å²) in [5, 5.41) is 0. The van der Waals surface area contributed by atoms with Crippen LogP contribution in [0.1, 0.15) is 40.0 Å². The van der Waals surface area contributed by atoms with Gasteiger partial charge in [-0.2, -0.15) is 8.42 Å². The number of Topliss-reactive ketones (excluding diaryl/α,β-unsaturated/α-hetero) is 1. The molecular formula is C17H22O8S. The first-order valence-corrected chi connectivity index (χ1v) is 10.0. The molecule has 0 saturated heterocycles. The van der Waals surface area contributed by atoms with Crippen molar-refractivity contribution in [2.75, 3.05) is 12.9 Å². The van der Waals surface area contributed by atoms with Gasteiger partial charge >= 0.3 is 22.1 Å². The van der Waals surface area contributed by atoms with E-state index >= 15 is 0 Å². The molecule has 3 aliphatic rings. The summed E-state index contributed by atoms with van der Waals surface area (Å²) in [4.78, 5) is 36.3. The van der Waals surface area contributed by atoms with Crippen LogP contribution in [0.25, 0.3) is 0 Å². The minimum absolute atomic E-state index is 0.0875. The number of ketones is 1. The monoisotopic (exact) mass is 386 g/mol. The van der Waals surface area contributed by atoms with Crippen LogP contribution in [0, 0.1) is 16.7 Å². The van der Waals surface area contributed by atoms with Crippen LogP contribution < -0.4 is 0 Å². The third-order valence-electron chi connectivity index (χ3n) is 6.30. The molecule has 3 unspecified atom stereocenters. The number of rotatable bonds is 5. The van der Waals surface area contributed by atoms with E-state index in [0.29, 0.717) is 12.8 Å². The Morgan fingerprint density at radius 1 is 1.31 bits per heavy atom. The molecule has 3 atom stereocenters. The van der Waals surface area contributed by atoms with Crippen LogP contribution in [0.2, 0.25) is 0 Å². The van der Waals surface area contributed by atoms with Gasteiger partial charge in [0.15, 0.2) is 0 Å². The smallest absolute Gasteiger partial charge is 0.376 e. The van der Waals surface area contributed by atoms with Gasteiger partial charge in [0.25, 0.3) is 0 Å². The van der Waals surface area contributed by atoms with Crippen molar-refractivity contribution in [3.8, 4) is 0 Å². The molecule has 2 aliphatic carbocycles. The first-order chi connectivity index (χ1) is 11.9. The molecule has 0 radical (unpaired) electrons. The third kappa shape index (κ3) is 2.55. The van der Waals surface area contributed by atoms with Crippen molar-refractivity contribution in [1.29, 1.82) is 0 Å². The Labute approximate surface area is 152 Å².